The Morgan fingerprint density at radius 3 is 2.64 bits per heavy atom. The normalized spacial score (nSPS) is 14.9. The molecule has 0 radical (unpaired) electrons. The first-order valence-corrected chi connectivity index (χ1v) is 4.26. The summed E-state index contributed by atoms with van der Waals surface area (Å²) >= 11 is 5.51. The summed E-state index contributed by atoms with van der Waals surface area (Å²) in [5.74, 6) is -1.93. The van der Waals surface area contributed by atoms with Gasteiger partial charge < -0.3 is 15.6 Å². The zero-order chi connectivity index (χ0) is 10.9. The highest BCUT2D eigenvalue weighted by atomic mass is 35.5. The van der Waals surface area contributed by atoms with Crippen LogP contribution in [-0.2, 0) is 10.3 Å². The van der Waals surface area contributed by atoms with Crippen LogP contribution in [0.2, 0.25) is 5.02 Å². The topological polar surface area (TPSA) is 67.8 Å². The largest absolute Gasteiger partial charge is 0.543 e. The third-order valence-electron chi connectivity index (χ3n) is 2.01. The van der Waals surface area contributed by atoms with Gasteiger partial charge in [-0.1, -0.05) is 11.6 Å². The molecule has 3 N–H and O–H groups in total. The molecule has 0 amide bonds. The van der Waals surface area contributed by atoms with Crippen LogP contribution in [0.25, 0.3) is 0 Å². The van der Waals surface area contributed by atoms with E-state index in [2.05, 4.69) is 5.73 Å². The van der Waals surface area contributed by atoms with E-state index in [0.717, 1.165) is 6.07 Å². The molecule has 1 atom stereocenters. The Bertz CT molecular complexity index is 379. The molecule has 1 rings (SSSR count). The van der Waals surface area contributed by atoms with Crippen molar-refractivity contribution in [2.45, 2.75) is 12.5 Å². The monoisotopic (exact) mass is 217 g/mol. The van der Waals surface area contributed by atoms with Crippen LogP contribution in [0.4, 0.5) is 4.39 Å². The average Bonchev–Trinajstić information content (AvgIpc) is 2.09. The van der Waals surface area contributed by atoms with Crippen LogP contribution in [0.1, 0.15) is 12.5 Å². The summed E-state index contributed by atoms with van der Waals surface area (Å²) in [6.07, 6.45) is 0. The Hall–Kier alpha value is -1.13. The van der Waals surface area contributed by atoms with Crippen LogP contribution < -0.4 is 10.8 Å². The number of carboxylic acid groups (broad SMARTS) is 1. The highest BCUT2D eigenvalue weighted by Crippen LogP contribution is 2.21. The number of halogens is 2. The summed E-state index contributed by atoms with van der Waals surface area (Å²) in [6.45, 7) is 1.37. The second kappa shape index (κ2) is 3.55. The van der Waals surface area contributed by atoms with Gasteiger partial charge in [0, 0.05) is 12.5 Å². The highest BCUT2D eigenvalue weighted by Gasteiger charge is 2.27. The Balaban J connectivity index is 3.21. The number of carbonyl (C=O) groups excluding carboxylic acids is 1. The van der Waals surface area contributed by atoms with Crippen molar-refractivity contribution in [3.63, 3.8) is 0 Å². The lowest BCUT2D eigenvalue weighted by Gasteiger charge is -2.22. The van der Waals surface area contributed by atoms with Gasteiger partial charge in [-0.2, -0.15) is 0 Å². The number of carbonyl (C=O) groups is 1. The van der Waals surface area contributed by atoms with E-state index in [-0.39, 0.29) is 5.02 Å². The zero-order valence-corrected chi connectivity index (χ0v) is 8.27. The molecule has 0 bridgehead atoms. The molecular weight excluding hydrogens is 209 g/mol. The van der Waals surface area contributed by atoms with E-state index in [1.807, 2.05) is 0 Å². The summed E-state index contributed by atoms with van der Waals surface area (Å²) in [6, 6.07) is 3.66. The van der Waals surface area contributed by atoms with Gasteiger partial charge in [0.2, 0.25) is 0 Å². The smallest absolute Gasteiger partial charge is 0.157 e. The Labute approximate surface area is 85.3 Å². The molecule has 0 aromatic heterocycles. The minimum Gasteiger partial charge on any atom is -0.543 e. The molecule has 0 heterocycles. The van der Waals surface area contributed by atoms with Crippen molar-refractivity contribution < 1.29 is 20.0 Å². The molecule has 1 aromatic carbocycles. The molecule has 0 unspecified atom stereocenters. The van der Waals surface area contributed by atoms with Gasteiger partial charge in [-0.3, -0.25) is 0 Å². The second-order valence-electron chi connectivity index (χ2n) is 3.25. The SMILES string of the molecule is C[C@]([NH3+])(C(=O)[O-])c1ccc(F)c(Cl)c1. The van der Waals surface area contributed by atoms with E-state index in [4.69, 9.17) is 11.6 Å². The van der Waals surface area contributed by atoms with Gasteiger partial charge >= 0.3 is 0 Å². The van der Waals surface area contributed by atoms with Gasteiger partial charge in [0.05, 0.1) is 5.02 Å². The molecule has 0 aliphatic heterocycles. The Morgan fingerprint density at radius 1 is 1.64 bits per heavy atom. The molecule has 0 fully saturated rings. The number of rotatable bonds is 2. The molecular formula is C9H9ClFNO2. The quantitative estimate of drug-likeness (QED) is 0.738. The molecule has 0 aliphatic carbocycles. The Kier molecular flexibility index (Phi) is 2.78. The Morgan fingerprint density at radius 2 is 2.21 bits per heavy atom. The number of hydrogen-bond acceptors (Lipinski definition) is 2. The fourth-order valence-corrected chi connectivity index (χ4v) is 1.14. The van der Waals surface area contributed by atoms with Gasteiger partial charge in [0.15, 0.2) is 5.54 Å². The van der Waals surface area contributed by atoms with E-state index in [9.17, 15) is 14.3 Å². The summed E-state index contributed by atoms with van der Waals surface area (Å²) in [5.41, 5.74) is 2.36. The predicted octanol–water partition coefficient (Wildman–Crippen LogP) is -0.314. The predicted molar refractivity (Wildman–Crippen MR) is 46.7 cm³/mol. The lowest BCUT2D eigenvalue weighted by atomic mass is 9.93. The third-order valence-corrected chi connectivity index (χ3v) is 2.30. The standard InChI is InChI=1S/C9H9ClFNO2/c1-9(12,8(13)14)5-2-3-7(11)6(10)4-5/h2-4H,12H2,1H3,(H,13,14)/t9-/m1/s1. The van der Waals surface area contributed by atoms with Gasteiger partial charge in [-0.05, 0) is 18.2 Å². The van der Waals surface area contributed by atoms with Crippen LogP contribution in [0.5, 0.6) is 0 Å². The lowest BCUT2D eigenvalue weighted by molar-refractivity contribution is -0.489. The van der Waals surface area contributed by atoms with E-state index in [1.165, 1.54) is 19.1 Å². The molecule has 0 saturated heterocycles. The van der Waals surface area contributed by atoms with E-state index in [0.29, 0.717) is 5.56 Å². The van der Waals surface area contributed by atoms with Crippen molar-refractivity contribution in [2.75, 3.05) is 0 Å². The minimum atomic E-state index is -1.42. The molecule has 5 heteroatoms. The van der Waals surface area contributed by atoms with E-state index >= 15 is 0 Å². The maximum Gasteiger partial charge on any atom is 0.157 e. The van der Waals surface area contributed by atoms with Crippen molar-refractivity contribution in [2.24, 2.45) is 0 Å². The van der Waals surface area contributed by atoms with E-state index < -0.39 is 17.3 Å². The number of aliphatic carboxylic acids is 1. The first kappa shape index (κ1) is 10.9. The fourth-order valence-electron chi connectivity index (χ4n) is 0.957. The van der Waals surface area contributed by atoms with Crippen molar-refractivity contribution in [1.82, 2.24) is 0 Å². The zero-order valence-electron chi connectivity index (χ0n) is 7.51. The number of quaternary nitrogens is 1. The van der Waals surface area contributed by atoms with Crippen molar-refractivity contribution >= 4 is 17.6 Å². The first-order chi connectivity index (χ1) is 6.35. The van der Waals surface area contributed by atoms with Gasteiger partial charge in [0.1, 0.15) is 11.8 Å². The summed E-state index contributed by atoms with van der Waals surface area (Å²) in [4.78, 5) is 10.7. The summed E-state index contributed by atoms with van der Waals surface area (Å²) < 4.78 is 12.8. The number of carboxylic acids is 1. The molecule has 0 saturated carbocycles. The van der Waals surface area contributed by atoms with Crippen molar-refractivity contribution in [1.29, 1.82) is 0 Å². The van der Waals surface area contributed by atoms with Gasteiger partial charge in [0.25, 0.3) is 0 Å². The van der Waals surface area contributed by atoms with Crippen LogP contribution in [0, 0.1) is 5.82 Å². The third kappa shape index (κ3) is 1.86. The fraction of sp³-hybridized carbons (Fsp3) is 0.222. The number of benzene rings is 1. The molecule has 0 spiro atoms. The maximum absolute atomic E-state index is 12.8. The summed E-state index contributed by atoms with van der Waals surface area (Å²) in [7, 11) is 0. The van der Waals surface area contributed by atoms with Crippen molar-refractivity contribution in [3.8, 4) is 0 Å². The minimum absolute atomic E-state index is 0.126. The van der Waals surface area contributed by atoms with Crippen LogP contribution in [0.3, 0.4) is 0 Å². The number of hydrogen-bond donors (Lipinski definition) is 1. The molecule has 0 aliphatic rings. The van der Waals surface area contributed by atoms with Crippen LogP contribution in [0.15, 0.2) is 18.2 Å². The lowest BCUT2D eigenvalue weighted by Crippen LogP contribution is -2.75. The molecule has 14 heavy (non-hydrogen) atoms. The van der Waals surface area contributed by atoms with Crippen molar-refractivity contribution in [3.05, 3.63) is 34.6 Å². The van der Waals surface area contributed by atoms with Crippen LogP contribution in [-0.4, -0.2) is 5.97 Å². The summed E-state index contributed by atoms with van der Waals surface area (Å²) in [5, 5.41) is 10.6. The van der Waals surface area contributed by atoms with E-state index in [1.54, 1.807) is 0 Å². The highest BCUT2D eigenvalue weighted by molar-refractivity contribution is 6.30. The average molecular weight is 218 g/mol. The maximum atomic E-state index is 12.8. The first-order valence-electron chi connectivity index (χ1n) is 3.88. The van der Waals surface area contributed by atoms with Crippen LogP contribution >= 0.6 is 11.6 Å². The second-order valence-corrected chi connectivity index (χ2v) is 3.66. The van der Waals surface area contributed by atoms with Gasteiger partial charge in [-0.25, -0.2) is 4.39 Å². The van der Waals surface area contributed by atoms with Gasteiger partial charge in [-0.15, -0.1) is 0 Å². The molecule has 1 aromatic rings. The molecule has 3 nitrogen and oxygen atoms in total. The molecule has 76 valence electrons.